The highest BCUT2D eigenvalue weighted by molar-refractivity contribution is 5.61. The lowest BCUT2D eigenvalue weighted by atomic mass is 10.1. The second kappa shape index (κ2) is 4.09. The summed E-state index contributed by atoms with van der Waals surface area (Å²) in [6.45, 7) is 0. The molecule has 1 heterocycles. The summed E-state index contributed by atoms with van der Waals surface area (Å²) < 4.78 is 0. The van der Waals surface area contributed by atoms with Crippen LogP contribution in [-0.2, 0) is 0 Å². The summed E-state index contributed by atoms with van der Waals surface area (Å²) in [5.74, 6) is 0. The molecule has 2 rings (SSSR count). The Hall–Kier alpha value is -1.90. The normalized spacial score (nSPS) is 10.0. The highest BCUT2D eigenvalue weighted by Crippen LogP contribution is 2.19. The maximum absolute atomic E-state index is 4.25. The van der Waals surface area contributed by atoms with Gasteiger partial charge in [0.25, 0.3) is 0 Å². The van der Waals surface area contributed by atoms with Crippen LogP contribution in [0.3, 0.4) is 0 Å². The van der Waals surface area contributed by atoms with Gasteiger partial charge in [0.05, 0.1) is 11.9 Å². The van der Waals surface area contributed by atoms with E-state index in [0.717, 1.165) is 11.3 Å². The van der Waals surface area contributed by atoms with Gasteiger partial charge < -0.3 is 4.90 Å². The molecule has 0 radical (unpaired) electrons. The molecule has 0 amide bonds. The van der Waals surface area contributed by atoms with Crippen molar-refractivity contribution in [2.24, 2.45) is 0 Å². The first-order valence-corrected chi connectivity index (χ1v) is 4.81. The zero-order valence-corrected chi connectivity index (χ0v) is 8.88. The molecule has 0 spiro atoms. The number of aromatic nitrogens is 2. The highest BCUT2D eigenvalue weighted by atomic mass is 15.1. The van der Waals surface area contributed by atoms with Crippen LogP contribution in [0, 0.1) is 0 Å². The summed E-state index contributed by atoms with van der Waals surface area (Å²) in [4.78, 5) is 10.4. The van der Waals surface area contributed by atoms with E-state index >= 15 is 0 Å². The zero-order valence-electron chi connectivity index (χ0n) is 8.88. The predicted molar refractivity (Wildman–Crippen MR) is 61.8 cm³/mol. The maximum atomic E-state index is 4.25. The molecule has 0 unspecified atom stereocenters. The van der Waals surface area contributed by atoms with E-state index < -0.39 is 0 Å². The average Bonchev–Trinajstić information content (AvgIpc) is 2.30. The minimum atomic E-state index is 0.905. The first-order chi connectivity index (χ1) is 7.27. The first kappa shape index (κ1) is 9.65. The molecule has 0 bridgehead atoms. The van der Waals surface area contributed by atoms with Gasteiger partial charge in [-0.1, -0.05) is 12.1 Å². The minimum absolute atomic E-state index is 0.905. The molecule has 0 aliphatic carbocycles. The van der Waals surface area contributed by atoms with Crippen molar-refractivity contribution in [3.8, 4) is 11.3 Å². The lowest BCUT2D eigenvalue weighted by Gasteiger charge is -2.12. The van der Waals surface area contributed by atoms with Crippen LogP contribution in [0.5, 0.6) is 0 Å². The van der Waals surface area contributed by atoms with Crippen molar-refractivity contribution in [2.75, 3.05) is 19.0 Å². The SMILES string of the molecule is CN(C)c1ccc(-c2cnccn2)cc1. The summed E-state index contributed by atoms with van der Waals surface area (Å²) in [5, 5.41) is 0. The average molecular weight is 199 g/mol. The van der Waals surface area contributed by atoms with E-state index in [0.29, 0.717) is 0 Å². The fourth-order valence-corrected chi connectivity index (χ4v) is 1.38. The highest BCUT2D eigenvalue weighted by Gasteiger charge is 1.99. The summed E-state index contributed by atoms with van der Waals surface area (Å²) in [7, 11) is 4.05. The monoisotopic (exact) mass is 199 g/mol. The third kappa shape index (κ3) is 2.13. The molecule has 0 aliphatic heterocycles. The van der Waals surface area contributed by atoms with E-state index in [4.69, 9.17) is 0 Å². The van der Waals surface area contributed by atoms with Crippen molar-refractivity contribution in [3.63, 3.8) is 0 Å². The number of nitrogens with zero attached hydrogens (tertiary/aromatic N) is 3. The minimum Gasteiger partial charge on any atom is -0.378 e. The van der Waals surface area contributed by atoms with Crippen LogP contribution < -0.4 is 4.90 Å². The smallest absolute Gasteiger partial charge is 0.0885 e. The molecule has 15 heavy (non-hydrogen) atoms. The molecule has 0 saturated heterocycles. The van der Waals surface area contributed by atoms with Gasteiger partial charge in [0, 0.05) is 37.7 Å². The molecule has 0 saturated carbocycles. The Bertz CT molecular complexity index is 420. The molecule has 0 N–H and O–H groups in total. The van der Waals surface area contributed by atoms with Gasteiger partial charge in [-0.25, -0.2) is 0 Å². The van der Waals surface area contributed by atoms with Crippen molar-refractivity contribution in [1.29, 1.82) is 0 Å². The van der Waals surface area contributed by atoms with Crippen molar-refractivity contribution < 1.29 is 0 Å². The Morgan fingerprint density at radius 2 is 1.73 bits per heavy atom. The molecule has 0 atom stereocenters. The molecule has 0 aliphatic rings. The summed E-state index contributed by atoms with van der Waals surface area (Å²) in [5.41, 5.74) is 3.18. The summed E-state index contributed by atoms with van der Waals surface area (Å²) >= 11 is 0. The van der Waals surface area contributed by atoms with Gasteiger partial charge in [0.15, 0.2) is 0 Å². The van der Waals surface area contributed by atoms with Crippen LogP contribution in [0.1, 0.15) is 0 Å². The topological polar surface area (TPSA) is 29.0 Å². The van der Waals surface area contributed by atoms with Crippen molar-refractivity contribution >= 4 is 5.69 Å². The number of hydrogen-bond acceptors (Lipinski definition) is 3. The molecule has 1 aromatic heterocycles. The van der Waals surface area contributed by atoms with Gasteiger partial charge in [-0.2, -0.15) is 0 Å². The van der Waals surface area contributed by atoms with Crippen LogP contribution in [0.25, 0.3) is 11.3 Å². The lowest BCUT2D eigenvalue weighted by molar-refractivity contribution is 1.13. The van der Waals surface area contributed by atoms with E-state index in [1.165, 1.54) is 5.69 Å². The number of benzene rings is 1. The molecule has 3 nitrogen and oxygen atoms in total. The fraction of sp³-hybridized carbons (Fsp3) is 0.167. The standard InChI is InChI=1S/C12H13N3/c1-15(2)11-5-3-10(4-6-11)12-9-13-7-8-14-12/h3-9H,1-2H3. The van der Waals surface area contributed by atoms with Gasteiger partial charge >= 0.3 is 0 Å². The van der Waals surface area contributed by atoms with Gasteiger partial charge in [0.1, 0.15) is 0 Å². The van der Waals surface area contributed by atoms with Crippen LogP contribution in [0.2, 0.25) is 0 Å². The van der Waals surface area contributed by atoms with E-state index in [9.17, 15) is 0 Å². The fourth-order valence-electron chi connectivity index (χ4n) is 1.38. The summed E-state index contributed by atoms with van der Waals surface area (Å²) in [6.07, 6.45) is 5.15. The maximum Gasteiger partial charge on any atom is 0.0885 e. The van der Waals surface area contributed by atoms with E-state index in [2.05, 4.69) is 39.1 Å². The Kier molecular flexibility index (Phi) is 2.63. The molecule has 2 aromatic rings. The molecular weight excluding hydrogens is 186 g/mol. The van der Waals surface area contributed by atoms with E-state index in [1.54, 1.807) is 18.6 Å². The van der Waals surface area contributed by atoms with Crippen LogP contribution in [-0.4, -0.2) is 24.1 Å². The van der Waals surface area contributed by atoms with Crippen LogP contribution >= 0.6 is 0 Å². The molecule has 0 fully saturated rings. The number of anilines is 1. The Balaban J connectivity index is 2.32. The zero-order chi connectivity index (χ0) is 10.7. The third-order valence-corrected chi connectivity index (χ3v) is 2.24. The van der Waals surface area contributed by atoms with Crippen LogP contribution in [0.15, 0.2) is 42.9 Å². The number of rotatable bonds is 2. The largest absolute Gasteiger partial charge is 0.378 e. The van der Waals surface area contributed by atoms with Crippen molar-refractivity contribution in [1.82, 2.24) is 9.97 Å². The predicted octanol–water partition coefficient (Wildman–Crippen LogP) is 2.21. The molecule has 3 heteroatoms. The second-order valence-electron chi connectivity index (χ2n) is 3.53. The Morgan fingerprint density at radius 3 is 2.27 bits per heavy atom. The van der Waals surface area contributed by atoms with Gasteiger partial charge in [-0.05, 0) is 12.1 Å². The van der Waals surface area contributed by atoms with Crippen molar-refractivity contribution in [3.05, 3.63) is 42.9 Å². The van der Waals surface area contributed by atoms with Gasteiger partial charge in [-0.15, -0.1) is 0 Å². The quantitative estimate of drug-likeness (QED) is 0.742. The molecular formula is C12H13N3. The first-order valence-electron chi connectivity index (χ1n) is 4.81. The van der Waals surface area contributed by atoms with E-state index in [-0.39, 0.29) is 0 Å². The Morgan fingerprint density at radius 1 is 1.00 bits per heavy atom. The second-order valence-corrected chi connectivity index (χ2v) is 3.53. The summed E-state index contributed by atoms with van der Waals surface area (Å²) in [6, 6.07) is 8.26. The number of hydrogen-bond donors (Lipinski definition) is 0. The lowest BCUT2D eigenvalue weighted by Crippen LogP contribution is -2.07. The van der Waals surface area contributed by atoms with Gasteiger partial charge in [0.2, 0.25) is 0 Å². The third-order valence-electron chi connectivity index (χ3n) is 2.24. The van der Waals surface area contributed by atoms with Gasteiger partial charge in [-0.3, -0.25) is 9.97 Å². The molecule has 76 valence electrons. The van der Waals surface area contributed by atoms with Crippen molar-refractivity contribution in [2.45, 2.75) is 0 Å². The Labute approximate surface area is 89.4 Å². The molecule has 1 aromatic carbocycles. The van der Waals surface area contributed by atoms with E-state index in [1.807, 2.05) is 14.1 Å². The van der Waals surface area contributed by atoms with Crippen LogP contribution in [0.4, 0.5) is 5.69 Å².